The second-order valence-electron chi connectivity index (χ2n) is 8.90. The Morgan fingerprint density at radius 2 is 1.85 bits per heavy atom. The lowest BCUT2D eigenvalue weighted by molar-refractivity contribution is -0.385. The fourth-order valence-electron chi connectivity index (χ4n) is 4.24. The molecule has 0 saturated carbocycles. The molecule has 1 aliphatic heterocycles. The van der Waals surface area contributed by atoms with Gasteiger partial charge in [-0.1, -0.05) is 12.5 Å². The Balaban J connectivity index is 1.26. The van der Waals surface area contributed by atoms with Crippen molar-refractivity contribution in [2.24, 2.45) is 0 Å². The zero-order valence-electron chi connectivity index (χ0n) is 21.5. The third kappa shape index (κ3) is 6.04. The van der Waals surface area contributed by atoms with Crippen molar-refractivity contribution in [2.75, 3.05) is 26.8 Å². The molecule has 1 aliphatic rings. The number of unbranched alkanes of at least 4 members (excludes halogenated alkanes) is 2. The average Bonchev–Trinajstić information content (AvgIpc) is 3.17. The van der Waals surface area contributed by atoms with Crippen LogP contribution in [0.4, 0.5) is 5.69 Å². The predicted molar refractivity (Wildman–Crippen MR) is 139 cm³/mol. The van der Waals surface area contributed by atoms with Crippen molar-refractivity contribution >= 4 is 40.3 Å². The molecular formula is C27H25N3O10. The average molecular weight is 552 g/mol. The van der Waals surface area contributed by atoms with Crippen LogP contribution in [0, 0.1) is 10.1 Å². The maximum Gasteiger partial charge on any atom is 0.349 e. The minimum Gasteiger partial charge on any atom is -0.426 e. The van der Waals surface area contributed by atoms with E-state index in [1.54, 1.807) is 6.07 Å². The Bertz CT molecular complexity index is 1560. The van der Waals surface area contributed by atoms with Crippen molar-refractivity contribution in [3.05, 3.63) is 79.7 Å². The normalized spacial score (nSPS) is 12.5. The molecule has 0 atom stereocenters. The second kappa shape index (κ2) is 12.3. The number of nitrogens with one attached hydrogen (secondary N) is 1. The van der Waals surface area contributed by atoms with Gasteiger partial charge in [-0.2, -0.15) is 0 Å². The summed E-state index contributed by atoms with van der Waals surface area (Å²) in [6.45, 7) is 0.586. The number of nitro groups is 1. The van der Waals surface area contributed by atoms with Gasteiger partial charge in [0, 0.05) is 44.1 Å². The first-order chi connectivity index (χ1) is 19.2. The third-order valence-electron chi connectivity index (χ3n) is 6.21. The summed E-state index contributed by atoms with van der Waals surface area (Å²) in [7, 11) is 1.49. The lowest BCUT2D eigenvalue weighted by Gasteiger charge is -2.13. The monoisotopic (exact) mass is 551 g/mol. The highest BCUT2D eigenvalue weighted by molar-refractivity contribution is 6.23. The largest absolute Gasteiger partial charge is 0.426 e. The van der Waals surface area contributed by atoms with Gasteiger partial charge in [0.1, 0.15) is 22.5 Å². The van der Waals surface area contributed by atoms with Crippen LogP contribution in [0.15, 0.2) is 51.7 Å². The molecule has 0 bridgehead atoms. The fourth-order valence-corrected chi connectivity index (χ4v) is 4.24. The molecule has 1 aromatic heterocycles. The van der Waals surface area contributed by atoms with Crippen LogP contribution >= 0.6 is 0 Å². The molecule has 2 heterocycles. The summed E-state index contributed by atoms with van der Waals surface area (Å²) in [5, 5.41) is 14.2. The van der Waals surface area contributed by atoms with E-state index < -0.39 is 39.9 Å². The van der Waals surface area contributed by atoms with Crippen molar-refractivity contribution in [3.8, 4) is 5.75 Å². The number of carbonyl (C=O) groups excluding carboxylic acids is 4. The highest BCUT2D eigenvalue weighted by Gasteiger charge is 2.40. The zero-order valence-corrected chi connectivity index (χ0v) is 21.5. The van der Waals surface area contributed by atoms with Gasteiger partial charge in [0.25, 0.3) is 23.4 Å². The number of imide groups is 1. The van der Waals surface area contributed by atoms with Crippen molar-refractivity contribution < 1.29 is 38.0 Å². The zero-order chi connectivity index (χ0) is 28.8. The molecule has 0 aliphatic carbocycles. The van der Waals surface area contributed by atoms with E-state index in [0.717, 1.165) is 4.90 Å². The van der Waals surface area contributed by atoms with Gasteiger partial charge in [-0.05, 0) is 37.1 Å². The van der Waals surface area contributed by atoms with Gasteiger partial charge in [-0.25, -0.2) is 4.79 Å². The maximum absolute atomic E-state index is 12.6. The summed E-state index contributed by atoms with van der Waals surface area (Å²) < 4.78 is 15.4. The third-order valence-corrected chi connectivity index (χ3v) is 6.21. The minimum absolute atomic E-state index is 0.00978. The fraction of sp³-hybridized carbons (Fsp3) is 0.296. The van der Waals surface area contributed by atoms with Crippen molar-refractivity contribution in [1.82, 2.24) is 10.2 Å². The molecule has 208 valence electrons. The molecule has 40 heavy (non-hydrogen) atoms. The predicted octanol–water partition coefficient (Wildman–Crippen LogP) is 2.84. The molecular weight excluding hydrogens is 526 g/mol. The van der Waals surface area contributed by atoms with E-state index in [-0.39, 0.29) is 47.5 Å². The molecule has 3 amide bonds. The Hall–Kier alpha value is -4.91. The SMILES string of the molecule is COCCNC(=O)c1cc2ccc(OC(=O)CCCCCN3C(=O)c4cccc([N+](=O)[O-])c4C3=O)cc2oc1=O. The number of benzene rings is 2. The van der Waals surface area contributed by atoms with Gasteiger partial charge in [0.15, 0.2) is 0 Å². The van der Waals surface area contributed by atoms with E-state index in [4.69, 9.17) is 13.9 Å². The van der Waals surface area contributed by atoms with Crippen LogP contribution in [0.2, 0.25) is 0 Å². The number of hydrogen-bond acceptors (Lipinski definition) is 10. The number of carbonyl (C=O) groups is 4. The van der Waals surface area contributed by atoms with E-state index in [9.17, 15) is 34.1 Å². The number of amides is 3. The van der Waals surface area contributed by atoms with Crippen LogP contribution < -0.4 is 15.7 Å². The number of rotatable bonds is 12. The second-order valence-corrected chi connectivity index (χ2v) is 8.90. The standard InChI is InChI=1S/C27H25N3O10/c1-38-13-11-28-24(32)19-14-16-9-10-17(15-21(16)40-27(19)35)39-22(31)8-3-2-4-12-29-25(33)18-6-5-7-20(30(36)37)23(18)26(29)34/h5-7,9-10,14-15H,2-4,8,11-13H2,1H3,(H,28,32). The Kier molecular flexibility index (Phi) is 8.64. The number of esters is 1. The van der Waals surface area contributed by atoms with Crippen LogP contribution in [0.25, 0.3) is 11.0 Å². The number of nitro benzene ring substituents is 1. The van der Waals surface area contributed by atoms with E-state index in [1.807, 2.05) is 0 Å². The van der Waals surface area contributed by atoms with E-state index >= 15 is 0 Å². The van der Waals surface area contributed by atoms with E-state index in [0.29, 0.717) is 31.3 Å². The summed E-state index contributed by atoms with van der Waals surface area (Å²) in [6, 6.07) is 9.76. The van der Waals surface area contributed by atoms with Crippen molar-refractivity contribution in [3.63, 3.8) is 0 Å². The Morgan fingerprint density at radius 3 is 2.60 bits per heavy atom. The molecule has 4 rings (SSSR count). The Labute approximate surface area is 226 Å². The van der Waals surface area contributed by atoms with Gasteiger partial charge < -0.3 is 19.2 Å². The summed E-state index contributed by atoms with van der Waals surface area (Å²) >= 11 is 0. The van der Waals surface area contributed by atoms with Crippen LogP contribution in [0.1, 0.15) is 56.8 Å². The molecule has 13 nitrogen and oxygen atoms in total. The van der Waals surface area contributed by atoms with E-state index in [2.05, 4.69) is 5.32 Å². The molecule has 0 fully saturated rings. The highest BCUT2D eigenvalue weighted by atomic mass is 16.6. The van der Waals surface area contributed by atoms with Gasteiger partial charge in [0.2, 0.25) is 0 Å². The van der Waals surface area contributed by atoms with Crippen molar-refractivity contribution in [1.29, 1.82) is 0 Å². The topological polar surface area (TPSA) is 175 Å². The van der Waals surface area contributed by atoms with Crippen LogP contribution in [-0.2, 0) is 9.53 Å². The number of nitrogens with zero attached hydrogens (tertiary/aromatic N) is 2. The molecule has 1 N–H and O–H groups in total. The smallest absolute Gasteiger partial charge is 0.349 e. The molecule has 0 saturated heterocycles. The van der Waals surface area contributed by atoms with Gasteiger partial charge >= 0.3 is 11.6 Å². The van der Waals surface area contributed by atoms with Crippen molar-refractivity contribution in [2.45, 2.75) is 25.7 Å². The molecule has 13 heteroatoms. The quantitative estimate of drug-likeness (QED) is 0.0670. The molecule has 0 spiro atoms. The molecule has 0 radical (unpaired) electrons. The van der Waals surface area contributed by atoms with E-state index in [1.165, 1.54) is 43.5 Å². The van der Waals surface area contributed by atoms with Gasteiger partial charge in [-0.3, -0.25) is 34.2 Å². The van der Waals surface area contributed by atoms with Crippen LogP contribution in [-0.4, -0.2) is 60.3 Å². The maximum atomic E-state index is 12.6. The lowest BCUT2D eigenvalue weighted by Crippen LogP contribution is -2.30. The first-order valence-corrected chi connectivity index (χ1v) is 12.4. The van der Waals surface area contributed by atoms with Crippen LogP contribution in [0.5, 0.6) is 5.75 Å². The summed E-state index contributed by atoms with van der Waals surface area (Å²) in [4.78, 5) is 73.4. The number of methoxy groups -OCH3 is 1. The summed E-state index contributed by atoms with van der Waals surface area (Å²) in [6.07, 6.45) is 1.35. The highest BCUT2D eigenvalue weighted by Crippen LogP contribution is 2.31. The summed E-state index contributed by atoms with van der Waals surface area (Å²) in [5.74, 6) is -2.25. The van der Waals surface area contributed by atoms with Gasteiger partial charge in [0.05, 0.1) is 17.1 Å². The van der Waals surface area contributed by atoms with Gasteiger partial charge in [-0.15, -0.1) is 0 Å². The summed E-state index contributed by atoms with van der Waals surface area (Å²) in [5.41, 5.74) is -1.45. The minimum atomic E-state index is -0.835. The lowest BCUT2D eigenvalue weighted by atomic mass is 10.1. The first-order valence-electron chi connectivity index (χ1n) is 12.4. The van der Waals surface area contributed by atoms with Crippen LogP contribution in [0.3, 0.4) is 0 Å². The number of ether oxygens (including phenoxy) is 2. The molecule has 2 aromatic carbocycles. The number of hydrogen-bond donors (Lipinski definition) is 1. The first kappa shape index (κ1) is 28.1. The molecule has 3 aromatic rings. The molecule has 0 unspecified atom stereocenters. The number of fused-ring (bicyclic) bond motifs is 2. The Morgan fingerprint density at radius 1 is 1.05 bits per heavy atom.